The van der Waals surface area contributed by atoms with Crippen LogP contribution in [0, 0.1) is 12.7 Å². The number of rotatable bonds is 2. The summed E-state index contributed by atoms with van der Waals surface area (Å²) in [5.41, 5.74) is 6.22. The average Bonchev–Trinajstić information content (AvgIpc) is 3.09. The van der Waals surface area contributed by atoms with Gasteiger partial charge in [-0.3, -0.25) is 4.68 Å². The largest absolute Gasteiger partial charge is 0.313 e. The number of aryl methyl sites for hydroxylation is 2. The quantitative estimate of drug-likeness (QED) is 0.532. The van der Waals surface area contributed by atoms with Crippen LogP contribution < -0.4 is 5.32 Å². The summed E-state index contributed by atoms with van der Waals surface area (Å²) in [5.74, 6) is -0.276. The number of benzene rings is 2. The Bertz CT molecular complexity index is 1260. The van der Waals surface area contributed by atoms with Gasteiger partial charge in [0.2, 0.25) is 0 Å². The number of nitrogens with one attached hydrogen (secondary N) is 1. The van der Waals surface area contributed by atoms with E-state index in [0.717, 1.165) is 58.4 Å². The average molecular weight is 410 g/mol. The van der Waals surface area contributed by atoms with Gasteiger partial charge in [0.25, 0.3) is 0 Å². The normalized spacial score (nSPS) is 14.1. The summed E-state index contributed by atoms with van der Waals surface area (Å²) in [5, 5.41) is 18.0. The van der Waals surface area contributed by atoms with Gasteiger partial charge in [0.05, 0.1) is 16.7 Å². The summed E-state index contributed by atoms with van der Waals surface area (Å²) in [7, 11) is 1.90. The monoisotopic (exact) mass is 409 g/mol. The lowest BCUT2D eigenvalue weighted by molar-refractivity contribution is 0.639. The third-order valence-electron chi connectivity index (χ3n) is 5.29. The number of halogens is 2. The lowest BCUT2D eigenvalue weighted by Crippen LogP contribution is -2.20. The number of hydrogen-bond acceptors (Lipinski definition) is 4. The van der Waals surface area contributed by atoms with Gasteiger partial charge in [-0.05, 0) is 72.5 Å². The molecule has 1 aliphatic rings. The molecule has 0 saturated heterocycles. The fourth-order valence-electron chi connectivity index (χ4n) is 3.88. The Labute approximate surface area is 174 Å². The minimum atomic E-state index is -0.276. The molecule has 0 fully saturated rings. The molecule has 0 saturated carbocycles. The first kappa shape index (κ1) is 19.5. The Kier molecular flexibility index (Phi) is 5.06. The van der Waals surface area contributed by atoms with E-state index in [1.165, 1.54) is 0 Å². The van der Waals surface area contributed by atoms with Crippen molar-refractivity contribution in [1.29, 1.82) is 0 Å². The van der Waals surface area contributed by atoms with Crippen molar-refractivity contribution in [1.82, 2.24) is 25.3 Å². The van der Waals surface area contributed by atoms with Crippen molar-refractivity contribution in [2.24, 2.45) is 7.05 Å². The Morgan fingerprint density at radius 3 is 2.69 bits per heavy atom. The second kappa shape index (κ2) is 7.54. The Balaban J connectivity index is 0.00000205. The molecule has 148 valence electrons. The lowest BCUT2D eigenvalue weighted by Gasteiger charge is -2.13. The molecule has 0 unspecified atom stereocenters. The van der Waals surface area contributed by atoms with E-state index in [0.29, 0.717) is 10.9 Å². The van der Waals surface area contributed by atoms with Crippen molar-refractivity contribution in [3.63, 3.8) is 0 Å². The maximum atomic E-state index is 15.0. The first-order valence-electron chi connectivity index (χ1n) is 9.40. The van der Waals surface area contributed by atoms with Gasteiger partial charge in [-0.25, -0.2) is 4.39 Å². The van der Waals surface area contributed by atoms with Gasteiger partial charge in [-0.1, -0.05) is 6.08 Å². The van der Waals surface area contributed by atoms with E-state index in [2.05, 4.69) is 26.7 Å². The molecule has 0 radical (unpaired) electrons. The van der Waals surface area contributed by atoms with E-state index in [1.807, 2.05) is 44.4 Å². The zero-order valence-corrected chi connectivity index (χ0v) is 17.1. The highest BCUT2D eigenvalue weighted by Crippen LogP contribution is 2.31. The van der Waals surface area contributed by atoms with Crippen LogP contribution in [-0.2, 0) is 7.05 Å². The Hall–Kier alpha value is -2.83. The molecule has 0 atom stereocenters. The van der Waals surface area contributed by atoms with Gasteiger partial charge in [-0.15, -0.1) is 17.5 Å². The van der Waals surface area contributed by atoms with E-state index in [9.17, 15) is 4.39 Å². The van der Waals surface area contributed by atoms with Crippen molar-refractivity contribution < 1.29 is 4.39 Å². The summed E-state index contributed by atoms with van der Waals surface area (Å²) in [6, 6.07) is 9.38. The van der Waals surface area contributed by atoms with Crippen molar-refractivity contribution in [2.45, 2.75) is 13.3 Å². The van der Waals surface area contributed by atoms with Crippen molar-refractivity contribution in [3.8, 4) is 11.1 Å². The van der Waals surface area contributed by atoms with E-state index in [4.69, 9.17) is 0 Å². The highest BCUT2D eigenvalue weighted by molar-refractivity contribution is 5.90. The molecular formula is C22H21ClFN5. The molecular weight excluding hydrogens is 389 g/mol. The molecule has 29 heavy (non-hydrogen) atoms. The second-order valence-corrected chi connectivity index (χ2v) is 7.34. The molecule has 0 spiro atoms. The fraction of sp³-hybridized carbons (Fsp3) is 0.227. The summed E-state index contributed by atoms with van der Waals surface area (Å²) < 4.78 is 16.8. The van der Waals surface area contributed by atoms with Crippen LogP contribution in [0.2, 0.25) is 0 Å². The number of nitrogens with zero attached hydrogens (tertiary/aromatic N) is 4. The topological polar surface area (TPSA) is 55.6 Å². The van der Waals surface area contributed by atoms with Gasteiger partial charge in [-0.2, -0.15) is 10.2 Å². The van der Waals surface area contributed by atoms with E-state index < -0.39 is 0 Å². The third kappa shape index (κ3) is 3.50. The van der Waals surface area contributed by atoms with Crippen molar-refractivity contribution >= 4 is 39.8 Å². The van der Waals surface area contributed by atoms with E-state index >= 15 is 0 Å². The molecule has 0 amide bonds. The minimum Gasteiger partial charge on any atom is -0.313 e. The maximum absolute atomic E-state index is 15.0. The molecule has 5 rings (SSSR count). The SMILES string of the molecule is Cc1cc(-c2cc(F)c3cc(C4=CCNCC4)nnc3c2)cc2cn(C)nc12.Cl. The van der Waals surface area contributed by atoms with Crippen LogP contribution in [0.4, 0.5) is 4.39 Å². The molecule has 4 aromatic rings. The van der Waals surface area contributed by atoms with Crippen LogP contribution in [0.15, 0.2) is 42.6 Å². The van der Waals surface area contributed by atoms with Gasteiger partial charge in [0, 0.05) is 30.6 Å². The van der Waals surface area contributed by atoms with Gasteiger partial charge < -0.3 is 5.32 Å². The Morgan fingerprint density at radius 1 is 1.07 bits per heavy atom. The minimum absolute atomic E-state index is 0. The number of aromatic nitrogens is 4. The Morgan fingerprint density at radius 2 is 1.90 bits per heavy atom. The van der Waals surface area contributed by atoms with Crippen molar-refractivity contribution in [3.05, 3.63) is 59.7 Å². The summed E-state index contributed by atoms with van der Waals surface area (Å²) in [6.07, 6.45) is 4.95. The van der Waals surface area contributed by atoms with Crippen molar-refractivity contribution in [2.75, 3.05) is 13.1 Å². The van der Waals surface area contributed by atoms with Crippen LogP contribution in [-0.4, -0.2) is 33.1 Å². The smallest absolute Gasteiger partial charge is 0.133 e. The number of fused-ring (bicyclic) bond motifs is 2. The molecule has 2 aromatic heterocycles. The van der Waals surface area contributed by atoms with Crippen LogP contribution in [0.1, 0.15) is 17.7 Å². The van der Waals surface area contributed by atoms with Gasteiger partial charge >= 0.3 is 0 Å². The van der Waals surface area contributed by atoms with Gasteiger partial charge in [0.1, 0.15) is 5.82 Å². The predicted molar refractivity (Wildman–Crippen MR) is 117 cm³/mol. The molecule has 3 heterocycles. The van der Waals surface area contributed by atoms with Crippen LogP contribution in [0.5, 0.6) is 0 Å². The van der Waals surface area contributed by atoms with E-state index in [1.54, 1.807) is 10.7 Å². The summed E-state index contributed by atoms with van der Waals surface area (Å²) >= 11 is 0. The van der Waals surface area contributed by atoms with Gasteiger partial charge in [0.15, 0.2) is 0 Å². The maximum Gasteiger partial charge on any atom is 0.133 e. The highest BCUT2D eigenvalue weighted by atomic mass is 35.5. The standard InChI is InChI=1S/C22H20FN5.ClH/c1-13-7-15(8-17-12-28(2)27-22(13)17)16-9-19(23)18-11-20(25-26-21(18)10-16)14-3-5-24-6-4-14;/h3,7-12,24H,4-6H2,1-2H3;1H. The van der Waals surface area contributed by atoms with Crippen LogP contribution in [0.3, 0.4) is 0 Å². The highest BCUT2D eigenvalue weighted by Gasteiger charge is 2.13. The van der Waals surface area contributed by atoms with E-state index in [-0.39, 0.29) is 18.2 Å². The molecule has 0 aliphatic carbocycles. The molecule has 7 heteroatoms. The van der Waals surface area contributed by atoms with Crippen LogP contribution >= 0.6 is 12.4 Å². The fourth-order valence-corrected chi connectivity index (χ4v) is 3.88. The molecule has 1 aliphatic heterocycles. The molecule has 0 bridgehead atoms. The molecule has 5 nitrogen and oxygen atoms in total. The number of hydrogen-bond donors (Lipinski definition) is 1. The lowest BCUT2D eigenvalue weighted by atomic mass is 9.99. The zero-order valence-electron chi connectivity index (χ0n) is 16.2. The summed E-state index contributed by atoms with van der Waals surface area (Å²) in [6.45, 7) is 3.74. The second-order valence-electron chi connectivity index (χ2n) is 7.34. The molecule has 1 N–H and O–H groups in total. The predicted octanol–water partition coefficient (Wildman–Crippen LogP) is 4.43. The molecule has 2 aromatic carbocycles. The third-order valence-corrected chi connectivity index (χ3v) is 5.29. The first-order chi connectivity index (χ1) is 13.6. The zero-order chi connectivity index (χ0) is 19.3. The first-order valence-corrected chi connectivity index (χ1v) is 9.40. The van der Waals surface area contributed by atoms with Crippen LogP contribution in [0.25, 0.3) is 38.5 Å². The summed E-state index contributed by atoms with van der Waals surface area (Å²) in [4.78, 5) is 0.